The highest BCUT2D eigenvalue weighted by Gasteiger charge is 2.09. The first-order valence-corrected chi connectivity index (χ1v) is 4.67. The molecule has 1 rings (SSSR count). The molecule has 0 aliphatic carbocycles. The minimum absolute atomic E-state index is 0.0802. The van der Waals surface area contributed by atoms with E-state index in [0.717, 1.165) is 0 Å². The molecule has 0 radical (unpaired) electrons. The van der Waals surface area contributed by atoms with E-state index in [1.807, 2.05) is 0 Å². The summed E-state index contributed by atoms with van der Waals surface area (Å²) in [4.78, 5) is 7.77. The normalized spacial score (nSPS) is 12.2. The van der Waals surface area contributed by atoms with Crippen molar-refractivity contribution in [3.05, 3.63) is 6.07 Å². The van der Waals surface area contributed by atoms with E-state index < -0.39 is 0 Å². The maximum Gasteiger partial charge on any atom is 0.223 e. The van der Waals surface area contributed by atoms with Crippen molar-refractivity contribution in [1.82, 2.24) is 9.97 Å². The zero-order valence-electron chi connectivity index (χ0n) is 8.97. The molecular formula is C8H16N6O2. The molecular weight excluding hydrogens is 212 g/mol. The lowest BCUT2D eigenvalue weighted by molar-refractivity contribution is 0.153. The van der Waals surface area contributed by atoms with Gasteiger partial charge in [0, 0.05) is 13.2 Å². The van der Waals surface area contributed by atoms with Gasteiger partial charge >= 0.3 is 0 Å². The maximum absolute atomic E-state index is 9.06. The summed E-state index contributed by atoms with van der Waals surface area (Å²) in [5.74, 6) is 6.16. The van der Waals surface area contributed by atoms with Crippen LogP contribution in [0.3, 0.4) is 0 Å². The molecule has 0 saturated carbocycles. The van der Waals surface area contributed by atoms with E-state index >= 15 is 0 Å². The van der Waals surface area contributed by atoms with Crippen molar-refractivity contribution in [3.8, 4) is 0 Å². The van der Waals surface area contributed by atoms with Gasteiger partial charge in [0.15, 0.2) is 0 Å². The molecule has 1 aromatic rings. The second kappa shape index (κ2) is 6.05. The lowest BCUT2D eigenvalue weighted by atomic mass is 10.3. The summed E-state index contributed by atoms with van der Waals surface area (Å²) in [6, 6.07) is 1.32. The molecule has 7 N–H and O–H groups in total. The van der Waals surface area contributed by atoms with Crippen LogP contribution >= 0.6 is 0 Å². The molecule has 16 heavy (non-hydrogen) atoms. The molecule has 1 aromatic heterocycles. The number of nitrogens with two attached hydrogens (primary N) is 2. The Morgan fingerprint density at radius 1 is 1.50 bits per heavy atom. The van der Waals surface area contributed by atoms with Crippen molar-refractivity contribution in [2.75, 3.05) is 36.8 Å². The number of methoxy groups -OCH3 is 1. The standard InChI is InChI=1S/C8H16N6O2/c1-16-4-5(3-15)11-6-2-7(14-10)13-8(9)12-6/h2,5,15H,3-4,10H2,1H3,(H4,9,11,12,13,14). The first kappa shape index (κ1) is 12.4. The van der Waals surface area contributed by atoms with Crippen LogP contribution in [0.5, 0.6) is 0 Å². The Hall–Kier alpha value is -1.64. The molecule has 90 valence electrons. The minimum atomic E-state index is -0.259. The first-order chi connectivity index (χ1) is 7.69. The second-order valence-electron chi connectivity index (χ2n) is 3.12. The summed E-state index contributed by atoms with van der Waals surface area (Å²) < 4.78 is 4.92. The average Bonchev–Trinajstić information content (AvgIpc) is 2.27. The molecule has 1 heterocycles. The fourth-order valence-corrected chi connectivity index (χ4v) is 1.16. The molecule has 8 nitrogen and oxygen atoms in total. The van der Waals surface area contributed by atoms with Crippen LogP contribution in [0.4, 0.5) is 17.6 Å². The fourth-order valence-electron chi connectivity index (χ4n) is 1.16. The van der Waals surface area contributed by atoms with Crippen LogP contribution in [0.2, 0.25) is 0 Å². The van der Waals surface area contributed by atoms with E-state index in [2.05, 4.69) is 20.7 Å². The molecule has 1 unspecified atom stereocenters. The van der Waals surface area contributed by atoms with E-state index in [4.69, 9.17) is 21.4 Å². The number of nitrogen functional groups attached to an aromatic ring is 2. The van der Waals surface area contributed by atoms with Crippen LogP contribution in [-0.2, 0) is 4.74 Å². The number of anilines is 3. The molecule has 8 heteroatoms. The Balaban J connectivity index is 2.74. The lowest BCUT2D eigenvalue weighted by Crippen LogP contribution is -2.29. The van der Waals surface area contributed by atoms with Gasteiger partial charge in [0.25, 0.3) is 0 Å². The van der Waals surface area contributed by atoms with Crippen molar-refractivity contribution in [2.45, 2.75) is 6.04 Å². The topological polar surface area (TPSA) is 131 Å². The number of rotatable bonds is 6. The summed E-state index contributed by atoms with van der Waals surface area (Å²) in [6.07, 6.45) is 0. The lowest BCUT2D eigenvalue weighted by Gasteiger charge is -2.16. The molecule has 0 aliphatic heterocycles. The Labute approximate surface area is 93.0 Å². The average molecular weight is 228 g/mol. The van der Waals surface area contributed by atoms with Crippen molar-refractivity contribution >= 4 is 17.6 Å². The smallest absolute Gasteiger partial charge is 0.223 e. The Bertz CT molecular complexity index is 334. The van der Waals surface area contributed by atoms with E-state index in [1.54, 1.807) is 13.2 Å². The number of aromatic nitrogens is 2. The molecule has 0 aromatic carbocycles. The summed E-state index contributed by atoms with van der Waals surface area (Å²) in [5.41, 5.74) is 7.84. The van der Waals surface area contributed by atoms with Gasteiger partial charge in [-0.25, -0.2) is 5.84 Å². The quantitative estimate of drug-likeness (QED) is 0.302. The van der Waals surface area contributed by atoms with Gasteiger partial charge in [0.05, 0.1) is 19.3 Å². The number of aliphatic hydroxyl groups excluding tert-OH is 1. The molecule has 0 bridgehead atoms. The number of ether oxygens (including phenoxy) is 1. The maximum atomic E-state index is 9.06. The third-order valence-electron chi connectivity index (χ3n) is 1.83. The summed E-state index contributed by atoms with van der Waals surface area (Å²) in [6.45, 7) is 0.273. The summed E-state index contributed by atoms with van der Waals surface area (Å²) in [5, 5.41) is 12.0. The van der Waals surface area contributed by atoms with Crippen LogP contribution < -0.4 is 22.3 Å². The van der Waals surface area contributed by atoms with Gasteiger partial charge in [-0.3, -0.25) is 0 Å². The number of nitrogens with one attached hydrogen (secondary N) is 2. The highest BCUT2D eigenvalue weighted by molar-refractivity contribution is 5.50. The van der Waals surface area contributed by atoms with Gasteiger partial charge in [-0.15, -0.1) is 0 Å². The minimum Gasteiger partial charge on any atom is -0.394 e. The zero-order chi connectivity index (χ0) is 12.0. The van der Waals surface area contributed by atoms with Gasteiger partial charge in [-0.2, -0.15) is 9.97 Å². The zero-order valence-corrected chi connectivity index (χ0v) is 8.97. The number of nitrogens with zero attached hydrogens (tertiary/aromatic N) is 2. The predicted molar refractivity (Wildman–Crippen MR) is 60.6 cm³/mol. The van der Waals surface area contributed by atoms with Crippen LogP contribution in [-0.4, -0.2) is 41.4 Å². The highest BCUT2D eigenvalue weighted by atomic mass is 16.5. The largest absolute Gasteiger partial charge is 0.394 e. The predicted octanol–water partition coefficient (Wildman–Crippen LogP) is -1.24. The van der Waals surface area contributed by atoms with Crippen LogP contribution in [0, 0.1) is 0 Å². The van der Waals surface area contributed by atoms with Crippen molar-refractivity contribution in [1.29, 1.82) is 0 Å². The first-order valence-electron chi connectivity index (χ1n) is 4.67. The number of hydrogen-bond acceptors (Lipinski definition) is 8. The molecule has 0 fully saturated rings. The van der Waals surface area contributed by atoms with Crippen molar-refractivity contribution < 1.29 is 9.84 Å². The Kier molecular flexibility index (Phi) is 4.70. The van der Waals surface area contributed by atoms with Crippen LogP contribution in [0.1, 0.15) is 0 Å². The van der Waals surface area contributed by atoms with Crippen molar-refractivity contribution in [3.63, 3.8) is 0 Å². The van der Waals surface area contributed by atoms with Gasteiger partial charge < -0.3 is 26.3 Å². The SMILES string of the molecule is COCC(CO)Nc1cc(NN)nc(N)n1. The summed E-state index contributed by atoms with van der Waals surface area (Å²) >= 11 is 0. The third-order valence-corrected chi connectivity index (χ3v) is 1.83. The number of hydrazine groups is 1. The fraction of sp³-hybridized carbons (Fsp3) is 0.500. The van der Waals surface area contributed by atoms with Crippen LogP contribution in [0.25, 0.3) is 0 Å². The third kappa shape index (κ3) is 3.50. The van der Waals surface area contributed by atoms with E-state index in [1.165, 1.54) is 0 Å². The number of hydrogen-bond donors (Lipinski definition) is 5. The highest BCUT2D eigenvalue weighted by Crippen LogP contribution is 2.12. The summed E-state index contributed by atoms with van der Waals surface area (Å²) in [7, 11) is 1.55. The molecule has 1 atom stereocenters. The second-order valence-corrected chi connectivity index (χ2v) is 3.12. The molecule has 0 amide bonds. The van der Waals surface area contributed by atoms with Crippen LogP contribution in [0.15, 0.2) is 6.07 Å². The van der Waals surface area contributed by atoms with Gasteiger partial charge in [0.2, 0.25) is 5.95 Å². The van der Waals surface area contributed by atoms with E-state index in [0.29, 0.717) is 18.2 Å². The molecule has 0 aliphatic rings. The monoisotopic (exact) mass is 228 g/mol. The molecule has 0 saturated heterocycles. The Morgan fingerprint density at radius 2 is 2.19 bits per heavy atom. The van der Waals surface area contributed by atoms with Gasteiger partial charge in [-0.05, 0) is 0 Å². The van der Waals surface area contributed by atoms with Gasteiger partial charge in [-0.1, -0.05) is 0 Å². The number of aliphatic hydroxyl groups is 1. The van der Waals surface area contributed by atoms with Gasteiger partial charge in [0.1, 0.15) is 11.6 Å². The van der Waals surface area contributed by atoms with E-state index in [-0.39, 0.29) is 18.6 Å². The van der Waals surface area contributed by atoms with Crippen molar-refractivity contribution in [2.24, 2.45) is 5.84 Å². The Morgan fingerprint density at radius 3 is 2.75 bits per heavy atom. The molecule has 0 spiro atoms. The van der Waals surface area contributed by atoms with E-state index in [9.17, 15) is 0 Å².